The smallest absolute Gasteiger partial charge is 0.363 e. The molecular weight excluding hydrogens is 406 g/mol. The topological polar surface area (TPSA) is 30.3 Å². The molecule has 1 aliphatic rings. The zero-order valence-electron chi connectivity index (χ0n) is 15.6. The number of anilines is 1. The molecule has 0 N–H and O–H groups in total. The number of hydrogen-bond donors (Lipinski definition) is 0. The molecule has 3 nitrogen and oxygen atoms in total. The third-order valence-electron chi connectivity index (χ3n) is 5.10. The van der Waals surface area contributed by atoms with Crippen molar-refractivity contribution in [3.63, 3.8) is 0 Å². The van der Waals surface area contributed by atoms with E-state index in [-0.39, 0.29) is 30.0 Å². The Morgan fingerprint density at radius 3 is 2.62 bits per heavy atom. The quantitative estimate of drug-likeness (QED) is 0.582. The van der Waals surface area contributed by atoms with Gasteiger partial charge in [-0.2, -0.15) is 18.4 Å². The molecule has 0 radical (unpaired) electrons. The van der Waals surface area contributed by atoms with Crippen molar-refractivity contribution in [3.05, 3.63) is 64.4 Å². The van der Waals surface area contributed by atoms with Gasteiger partial charge in [-0.05, 0) is 30.7 Å². The Balaban J connectivity index is 1.83. The van der Waals surface area contributed by atoms with E-state index in [2.05, 4.69) is 0 Å². The Hall–Kier alpha value is -2.30. The minimum absolute atomic E-state index is 0.0539. The molecule has 0 amide bonds. The third kappa shape index (κ3) is 5.62. The molecular formula is C21H20ClF4N3. The van der Waals surface area contributed by atoms with Crippen molar-refractivity contribution < 1.29 is 17.6 Å². The average Bonchev–Trinajstić information content (AvgIpc) is 3.14. The van der Waals surface area contributed by atoms with Gasteiger partial charge in [0.05, 0.1) is 17.0 Å². The fourth-order valence-electron chi connectivity index (χ4n) is 3.57. The first-order valence-electron chi connectivity index (χ1n) is 9.25. The monoisotopic (exact) mass is 425 g/mol. The molecule has 8 heteroatoms. The Labute approximate surface area is 172 Å². The summed E-state index contributed by atoms with van der Waals surface area (Å²) >= 11 is 6.18. The van der Waals surface area contributed by atoms with E-state index in [1.165, 1.54) is 6.07 Å². The second kappa shape index (κ2) is 9.02. The molecule has 29 heavy (non-hydrogen) atoms. The Morgan fingerprint density at radius 1 is 1.21 bits per heavy atom. The van der Waals surface area contributed by atoms with Gasteiger partial charge in [0.2, 0.25) is 0 Å². The van der Waals surface area contributed by atoms with Crippen LogP contribution in [0.2, 0.25) is 5.02 Å². The van der Waals surface area contributed by atoms with E-state index in [0.717, 1.165) is 0 Å². The van der Waals surface area contributed by atoms with E-state index in [0.29, 0.717) is 36.3 Å². The van der Waals surface area contributed by atoms with Crippen LogP contribution in [0.4, 0.5) is 23.2 Å². The minimum Gasteiger partial charge on any atom is -0.363 e. The number of hydrogen-bond acceptors (Lipinski definition) is 3. The summed E-state index contributed by atoms with van der Waals surface area (Å²) in [4.78, 5) is 3.73. The van der Waals surface area contributed by atoms with Crippen LogP contribution in [0.3, 0.4) is 0 Å². The second-order valence-electron chi connectivity index (χ2n) is 7.10. The normalized spacial score (nSPS) is 17.3. The summed E-state index contributed by atoms with van der Waals surface area (Å²) in [7, 11) is 0. The number of rotatable bonds is 6. The van der Waals surface area contributed by atoms with E-state index in [1.54, 1.807) is 41.3 Å². The van der Waals surface area contributed by atoms with Gasteiger partial charge in [-0.1, -0.05) is 29.8 Å². The van der Waals surface area contributed by atoms with Gasteiger partial charge in [0.25, 0.3) is 0 Å². The van der Waals surface area contributed by atoms with Crippen LogP contribution >= 0.6 is 11.6 Å². The van der Waals surface area contributed by atoms with Gasteiger partial charge in [0, 0.05) is 43.5 Å². The summed E-state index contributed by atoms with van der Waals surface area (Å²) in [5, 5.41) is 9.38. The molecule has 2 aromatic carbocycles. The van der Waals surface area contributed by atoms with Crippen molar-refractivity contribution >= 4 is 17.3 Å². The molecule has 1 heterocycles. The van der Waals surface area contributed by atoms with Crippen molar-refractivity contribution in [3.8, 4) is 6.07 Å². The highest BCUT2D eigenvalue weighted by Gasteiger charge is 2.32. The number of alkyl halides is 3. The summed E-state index contributed by atoms with van der Waals surface area (Å²) in [6.45, 7) is 1.19. The fraction of sp³-hybridized carbons (Fsp3) is 0.381. The lowest BCUT2D eigenvalue weighted by molar-refractivity contribution is -0.137. The van der Waals surface area contributed by atoms with Crippen molar-refractivity contribution in [2.75, 3.05) is 24.5 Å². The first kappa shape index (κ1) is 21.4. The van der Waals surface area contributed by atoms with Crippen molar-refractivity contribution in [2.45, 2.75) is 31.6 Å². The lowest BCUT2D eigenvalue weighted by Gasteiger charge is -2.32. The standard InChI is InChI=1S/C21H20ClF4N3/c22-19-11-17(6-5-15(19)12-27)29(13-16-3-1-2-4-20(16)23)18-7-9-28(14-18)10-8-21(24,25)26/h1-6,11,18H,7-10,13-14H2. The Kier molecular flexibility index (Phi) is 6.66. The molecule has 0 aliphatic carbocycles. The van der Waals surface area contributed by atoms with Gasteiger partial charge in [-0.15, -0.1) is 0 Å². The van der Waals surface area contributed by atoms with Crippen LogP contribution in [0, 0.1) is 17.1 Å². The van der Waals surface area contributed by atoms with Gasteiger partial charge >= 0.3 is 6.18 Å². The highest BCUT2D eigenvalue weighted by molar-refractivity contribution is 6.32. The van der Waals surface area contributed by atoms with Crippen LogP contribution in [0.5, 0.6) is 0 Å². The molecule has 1 atom stereocenters. The Morgan fingerprint density at radius 2 is 1.97 bits per heavy atom. The SMILES string of the molecule is N#Cc1ccc(N(Cc2ccccc2F)C2CCN(CCC(F)(F)F)C2)cc1Cl. The van der Waals surface area contributed by atoms with E-state index >= 15 is 0 Å². The maximum Gasteiger partial charge on any atom is 0.390 e. The predicted molar refractivity (Wildman–Crippen MR) is 104 cm³/mol. The first-order chi connectivity index (χ1) is 13.8. The van der Waals surface area contributed by atoms with Gasteiger partial charge < -0.3 is 9.80 Å². The largest absolute Gasteiger partial charge is 0.390 e. The van der Waals surface area contributed by atoms with E-state index in [4.69, 9.17) is 16.9 Å². The highest BCUT2D eigenvalue weighted by atomic mass is 35.5. The third-order valence-corrected chi connectivity index (χ3v) is 5.42. The van der Waals surface area contributed by atoms with Crippen LogP contribution in [0.15, 0.2) is 42.5 Å². The zero-order valence-corrected chi connectivity index (χ0v) is 16.3. The number of benzene rings is 2. The number of nitriles is 1. The first-order valence-corrected chi connectivity index (χ1v) is 9.63. The van der Waals surface area contributed by atoms with Crippen LogP contribution in [0.1, 0.15) is 24.0 Å². The molecule has 3 rings (SSSR count). The van der Waals surface area contributed by atoms with E-state index < -0.39 is 12.6 Å². The maximum absolute atomic E-state index is 14.2. The maximum atomic E-state index is 14.2. The molecule has 2 aromatic rings. The summed E-state index contributed by atoms with van der Waals surface area (Å²) in [5.41, 5.74) is 1.53. The number of halogens is 5. The van der Waals surface area contributed by atoms with Gasteiger partial charge in [-0.25, -0.2) is 4.39 Å². The second-order valence-corrected chi connectivity index (χ2v) is 7.51. The number of nitrogens with zero attached hydrogens (tertiary/aromatic N) is 3. The molecule has 154 valence electrons. The van der Waals surface area contributed by atoms with Crippen molar-refractivity contribution in [1.82, 2.24) is 4.90 Å². The van der Waals surface area contributed by atoms with Gasteiger partial charge in [-0.3, -0.25) is 0 Å². The zero-order chi connectivity index (χ0) is 21.0. The lowest BCUT2D eigenvalue weighted by atomic mass is 10.1. The van der Waals surface area contributed by atoms with Crippen molar-refractivity contribution in [1.29, 1.82) is 5.26 Å². The van der Waals surface area contributed by atoms with Crippen molar-refractivity contribution in [2.24, 2.45) is 0 Å². The van der Waals surface area contributed by atoms with E-state index in [9.17, 15) is 17.6 Å². The van der Waals surface area contributed by atoms with E-state index in [1.807, 2.05) is 11.0 Å². The highest BCUT2D eigenvalue weighted by Crippen LogP contribution is 2.30. The van der Waals surface area contributed by atoms with Gasteiger partial charge in [0.1, 0.15) is 11.9 Å². The Bertz CT molecular complexity index is 894. The van der Waals surface area contributed by atoms with Crippen LogP contribution < -0.4 is 4.90 Å². The predicted octanol–water partition coefficient (Wildman–Crippen LogP) is 5.38. The molecule has 0 saturated carbocycles. The van der Waals surface area contributed by atoms with Gasteiger partial charge in [0.15, 0.2) is 0 Å². The molecule has 0 aromatic heterocycles. The summed E-state index contributed by atoms with van der Waals surface area (Å²) in [6.07, 6.45) is -4.38. The van der Waals surface area contributed by atoms with Crippen LogP contribution in [0.25, 0.3) is 0 Å². The fourth-order valence-corrected chi connectivity index (χ4v) is 3.79. The van der Waals surface area contributed by atoms with Crippen LogP contribution in [-0.4, -0.2) is 36.8 Å². The molecule has 1 unspecified atom stereocenters. The minimum atomic E-state index is -4.19. The number of likely N-dealkylation sites (tertiary alicyclic amines) is 1. The van der Waals surface area contributed by atoms with Crippen LogP contribution in [-0.2, 0) is 6.54 Å². The lowest BCUT2D eigenvalue weighted by Crippen LogP contribution is -2.38. The molecule has 1 fully saturated rings. The molecule has 1 saturated heterocycles. The summed E-state index contributed by atoms with van der Waals surface area (Å²) in [6, 6.07) is 13.3. The summed E-state index contributed by atoms with van der Waals surface area (Å²) in [5.74, 6) is -0.343. The summed E-state index contributed by atoms with van der Waals surface area (Å²) < 4.78 is 51.9. The molecule has 0 bridgehead atoms. The molecule has 0 spiro atoms. The average molecular weight is 426 g/mol. The molecule has 1 aliphatic heterocycles.